The first-order valence-electron chi connectivity index (χ1n) is 10.1. The van der Waals surface area contributed by atoms with Crippen molar-refractivity contribution >= 4 is 29.2 Å². The summed E-state index contributed by atoms with van der Waals surface area (Å²) >= 11 is 4.65. The molecule has 158 valence electrons. The molecule has 0 aromatic heterocycles. The van der Waals surface area contributed by atoms with Gasteiger partial charge in [0.1, 0.15) is 0 Å². The highest BCUT2D eigenvalue weighted by atomic mass is 32.1. The van der Waals surface area contributed by atoms with Crippen LogP contribution < -0.4 is 16.1 Å². The van der Waals surface area contributed by atoms with Crippen LogP contribution in [0.3, 0.4) is 0 Å². The van der Waals surface area contributed by atoms with Crippen molar-refractivity contribution in [1.29, 1.82) is 0 Å². The summed E-state index contributed by atoms with van der Waals surface area (Å²) in [4.78, 5) is 4.53. The smallest absolute Gasteiger partial charge is 0.184 e. The van der Waals surface area contributed by atoms with Crippen molar-refractivity contribution in [3.05, 3.63) is 65.2 Å². The first-order chi connectivity index (χ1) is 14.5. The number of nitrogens with two attached hydrogens (primary N) is 1. The van der Waals surface area contributed by atoms with Gasteiger partial charge in [-0.25, -0.2) is 8.78 Å². The molecule has 8 heteroatoms. The van der Waals surface area contributed by atoms with E-state index in [1.807, 2.05) is 23.1 Å². The number of hydrogen-bond donors (Lipinski definition) is 2. The van der Waals surface area contributed by atoms with E-state index in [9.17, 15) is 4.39 Å². The highest BCUT2D eigenvalue weighted by molar-refractivity contribution is 7.80. The van der Waals surface area contributed by atoms with E-state index < -0.39 is 11.6 Å². The average molecular weight is 430 g/mol. The molecule has 2 atom stereocenters. The molecular weight excluding hydrogens is 404 g/mol. The van der Waals surface area contributed by atoms with Gasteiger partial charge in [-0.1, -0.05) is 30.3 Å². The lowest BCUT2D eigenvalue weighted by molar-refractivity contribution is 0.195. The van der Waals surface area contributed by atoms with Crippen LogP contribution in [0, 0.1) is 11.6 Å². The lowest BCUT2D eigenvalue weighted by Gasteiger charge is -2.45. The van der Waals surface area contributed by atoms with Gasteiger partial charge in [0, 0.05) is 30.7 Å². The molecule has 0 aliphatic carbocycles. The molecule has 0 amide bonds. The molecule has 2 aliphatic heterocycles. The number of benzene rings is 2. The van der Waals surface area contributed by atoms with E-state index >= 15 is 4.39 Å². The Balaban J connectivity index is 1.62. The second-order valence-corrected chi connectivity index (χ2v) is 8.26. The predicted molar refractivity (Wildman–Crippen MR) is 120 cm³/mol. The van der Waals surface area contributed by atoms with E-state index in [2.05, 4.69) is 39.8 Å². The van der Waals surface area contributed by atoms with Gasteiger partial charge in [0.2, 0.25) is 0 Å². The summed E-state index contributed by atoms with van der Waals surface area (Å²) in [6.45, 7) is 2.62. The van der Waals surface area contributed by atoms with Gasteiger partial charge in [-0.3, -0.25) is 10.3 Å². The maximum absolute atomic E-state index is 15.1. The summed E-state index contributed by atoms with van der Waals surface area (Å²) in [5.41, 5.74) is 9.19. The number of nitrogens with zero attached hydrogens (tertiary/aromatic N) is 3. The Labute approximate surface area is 180 Å². The van der Waals surface area contributed by atoms with Gasteiger partial charge in [0.05, 0.1) is 11.9 Å². The second kappa shape index (κ2) is 9.06. The third-order valence-electron chi connectivity index (χ3n) is 5.89. The van der Waals surface area contributed by atoms with E-state index in [1.165, 1.54) is 11.8 Å². The quantitative estimate of drug-likeness (QED) is 0.435. The maximum atomic E-state index is 15.1. The third-order valence-corrected chi connectivity index (χ3v) is 5.98. The Kier molecular flexibility index (Phi) is 6.24. The normalized spacial score (nSPS) is 21.7. The number of nitrogens with one attached hydrogen (secondary N) is 1. The Morgan fingerprint density at radius 3 is 2.73 bits per heavy atom. The molecule has 2 saturated heterocycles. The van der Waals surface area contributed by atoms with Crippen molar-refractivity contribution in [3.63, 3.8) is 0 Å². The highest BCUT2D eigenvalue weighted by Crippen LogP contribution is 2.33. The molecule has 0 radical (unpaired) electrons. The van der Waals surface area contributed by atoms with Crippen LogP contribution in [0.25, 0.3) is 0 Å². The number of fused-ring (bicyclic) bond motifs is 1. The largest absolute Gasteiger partial charge is 0.375 e. The second-order valence-electron chi connectivity index (χ2n) is 7.82. The van der Waals surface area contributed by atoms with Gasteiger partial charge in [0.15, 0.2) is 16.7 Å². The number of halogens is 2. The fraction of sp³-hybridized carbons (Fsp3) is 0.364. The van der Waals surface area contributed by atoms with Gasteiger partial charge in [-0.15, -0.1) is 0 Å². The van der Waals surface area contributed by atoms with E-state index in [0.717, 1.165) is 32.4 Å². The van der Waals surface area contributed by atoms with Crippen LogP contribution in [0.4, 0.5) is 14.5 Å². The first-order valence-corrected chi connectivity index (χ1v) is 10.5. The van der Waals surface area contributed by atoms with Gasteiger partial charge in [-0.2, -0.15) is 5.10 Å². The Morgan fingerprint density at radius 1 is 1.17 bits per heavy atom. The minimum Gasteiger partial charge on any atom is -0.375 e. The molecule has 0 unspecified atom stereocenters. The van der Waals surface area contributed by atoms with E-state index in [-0.39, 0.29) is 16.7 Å². The first kappa shape index (κ1) is 20.7. The molecule has 2 aromatic rings. The molecule has 0 saturated carbocycles. The summed E-state index contributed by atoms with van der Waals surface area (Å²) < 4.78 is 29.9. The fourth-order valence-corrected chi connectivity index (χ4v) is 4.54. The number of hydrogen-bond acceptors (Lipinski definition) is 4. The van der Waals surface area contributed by atoms with E-state index in [1.54, 1.807) is 12.1 Å². The summed E-state index contributed by atoms with van der Waals surface area (Å²) in [5, 5.41) is 3.69. The minimum absolute atomic E-state index is 0.0399. The number of hydrazone groups is 1. The Morgan fingerprint density at radius 2 is 1.97 bits per heavy atom. The van der Waals surface area contributed by atoms with E-state index in [0.29, 0.717) is 18.3 Å². The van der Waals surface area contributed by atoms with Gasteiger partial charge in [-0.05, 0) is 55.7 Å². The van der Waals surface area contributed by atoms with Crippen molar-refractivity contribution in [2.24, 2.45) is 10.8 Å². The van der Waals surface area contributed by atoms with Crippen molar-refractivity contribution in [2.45, 2.75) is 31.3 Å². The van der Waals surface area contributed by atoms with Crippen LogP contribution in [0.5, 0.6) is 0 Å². The van der Waals surface area contributed by atoms with Crippen molar-refractivity contribution in [2.75, 3.05) is 24.5 Å². The third kappa shape index (κ3) is 4.44. The molecular formula is C22H25F2N5S. The molecule has 2 heterocycles. The highest BCUT2D eigenvalue weighted by Gasteiger charge is 2.37. The Bertz CT molecular complexity index is 937. The molecule has 4 rings (SSSR count). The molecule has 2 aromatic carbocycles. The standard InChI is InChI=1S/C22H25F2N5S/c23-20-16(12-26-27-22(25)30)8-9-19(21(20)24)29-14-17-7-4-10-28(17)13-18(29)11-15-5-2-1-3-6-15/h1-3,5-6,8-9,12,17-18H,4,7,10-11,13-14H2,(H3,25,27,30)/t17-,18-/m0/s1. The van der Waals surface area contributed by atoms with Crippen molar-refractivity contribution in [3.8, 4) is 0 Å². The predicted octanol–water partition coefficient (Wildman–Crippen LogP) is 3.03. The van der Waals surface area contributed by atoms with Crippen LogP contribution >= 0.6 is 12.2 Å². The number of rotatable bonds is 5. The van der Waals surface area contributed by atoms with Gasteiger partial charge in [0.25, 0.3) is 0 Å². The molecule has 2 fully saturated rings. The molecule has 3 N–H and O–H groups in total. The van der Waals surface area contributed by atoms with Crippen LogP contribution in [-0.4, -0.2) is 47.9 Å². The SMILES string of the molecule is NC(=S)NN=Cc1ccc(N2C[C@@H]3CCCN3C[C@@H]2Cc2ccccc2)c(F)c1F. The zero-order valence-corrected chi connectivity index (χ0v) is 17.4. The van der Waals surface area contributed by atoms with Crippen molar-refractivity contribution in [1.82, 2.24) is 10.3 Å². The van der Waals surface area contributed by atoms with Gasteiger partial charge >= 0.3 is 0 Å². The summed E-state index contributed by atoms with van der Waals surface area (Å²) in [7, 11) is 0. The molecule has 0 bridgehead atoms. The van der Waals surface area contributed by atoms with Crippen LogP contribution in [0.1, 0.15) is 24.0 Å². The van der Waals surface area contributed by atoms with Crippen LogP contribution in [-0.2, 0) is 6.42 Å². The summed E-state index contributed by atoms with van der Waals surface area (Å²) in [5.74, 6) is -1.77. The van der Waals surface area contributed by atoms with Crippen LogP contribution in [0.15, 0.2) is 47.6 Å². The van der Waals surface area contributed by atoms with E-state index in [4.69, 9.17) is 5.73 Å². The number of thiocarbonyl (C=S) groups is 1. The Hall–Kier alpha value is -2.58. The molecule has 30 heavy (non-hydrogen) atoms. The van der Waals surface area contributed by atoms with Crippen LogP contribution in [0.2, 0.25) is 0 Å². The summed E-state index contributed by atoms with van der Waals surface area (Å²) in [6.07, 6.45) is 4.21. The zero-order chi connectivity index (χ0) is 21.1. The molecule has 2 aliphatic rings. The topological polar surface area (TPSA) is 56.9 Å². The van der Waals surface area contributed by atoms with Crippen molar-refractivity contribution < 1.29 is 8.78 Å². The summed E-state index contributed by atoms with van der Waals surface area (Å²) in [6, 6.07) is 13.8. The lowest BCUT2D eigenvalue weighted by atomic mass is 9.98. The lowest BCUT2D eigenvalue weighted by Crippen LogP contribution is -2.57. The maximum Gasteiger partial charge on any atom is 0.184 e. The molecule has 0 spiro atoms. The molecule has 5 nitrogen and oxygen atoms in total. The number of piperazine rings is 1. The monoisotopic (exact) mass is 429 g/mol. The average Bonchev–Trinajstić information content (AvgIpc) is 3.19. The minimum atomic E-state index is -0.923. The van der Waals surface area contributed by atoms with Gasteiger partial charge < -0.3 is 10.6 Å². The zero-order valence-electron chi connectivity index (χ0n) is 16.6. The fourth-order valence-electron chi connectivity index (χ4n) is 4.48. The number of anilines is 1.